The third-order valence-electron chi connectivity index (χ3n) is 2.88. The summed E-state index contributed by atoms with van der Waals surface area (Å²) < 4.78 is 1.80. The maximum Gasteiger partial charge on any atom is 0.156 e. The summed E-state index contributed by atoms with van der Waals surface area (Å²) in [6, 6.07) is 8.33. The summed E-state index contributed by atoms with van der Waals surface area (Å²) in [4.78, 5) is 15.8. The van der Waals surface area contributed by atoms with Crippen LogP contribution in [0.1, 0.15) is 24.5 Å². The lowest BCUT2D eigenvalue weighted by Gasteiger charge is -2.04. The second kappa shape index (κ2) is 6.15. The second-order valence-corrected chi connectivity index (χ2v) is 4.52. The van der Waals surface area contributed by atoms with E-state index in [0.29, 0.717) is 13.0 Å². The number of rotatable bonds is 6. The predicted octanol–water partition coefficient (Wildman–Crippen LogP) is 2.65. The third-order valence-corrected chi connectivity index (χ3v) is 2.88. The van der Waals surface area contributed by atoms with E-state index in [9.17, 15) is 4.79 Å². The zero-order valence-electron chi connectivity index (χ0n) is 10.7. The first kappa shape index (κ1) is 12.6. The van der Waals surface area contributed by atoms with E-state index in [0.717, 1.165) is 18.4 Å². The minimum Gasteiger partial charge on any atom is -0.330 e. The van der Waals surface area contributed by atoms with Gasteiger partial charge in [0.2, 0.25) is 0 Å². The van der Waals surface area contributed by atoms with E-state index in [1.165, 1.54) is 5.56 Å². The average Bonchev–Trinajstić information content (AvgIpc) is 2.84. The van der Waals surface area contributed by atoms with Crippen LogP contribution in [-0.4, -0.2) is 15.3 Å². The van der Waals surface area contributed by atoms with Crippen molar-refractivity contribution in [1.82, 2.24) is 9.55 Å². The number of carbonyl (C=O) groups is 1. The van der Waals surface area contributed by atoms with E-state index in [2.05, 4.69) is 36.2 Å². The van der Waals surface area contributed by atoms with Crippen LogP contribution in [0.15, 0.2) is 43.0 Å². The standard InChI is InChI=1S/C15H18N2O/c1-2-3-13-4-6-14(7-5-13)10-15(18)11-17-9-8-16-12-17/h4-9,12H,2-3,10-11H2,1H3. The number of nitrogens with zero attached hydrogens (tertiary/aromatic N) is 2. The minimum absolute atomic E-state index is 0.205. The summed E-state index contributed by atoms with van der Waals surface area (Å²) in [5.41, 5.74) is 2.42. The van der Waals surface area contributed by atoms with E-state index < -0.39 is 0 Å². The van der Waals surface area contributed by atoms with Crippen LogP contribution in [0, 0.1) is 0 Å². The van der Waals surface area contributed by atoms with Gasteiger partial charge in [-0.15, -0.1) is 0 Å². The molecule has 18 heavy (non-hydrogen) atoms. The number of hydrogen-bond acceptors (Lipinski definition) is 2. The van der Waals surface area contributed by atoms with Crippen LogP contribution in [0.5, 0.6) is 0 Å². The van der Waals surface area contributed by atoms with E-state index in [4.69, 9.17) is 0 Å². The summed E-state index contributed by atoms with van der Waals surface area (Å²) in [6.07, 6.45) is 7.91. The van der Waals surface area contributed by atoms with Gasteiger partial charge in [-0.3, -0.25) is 4.79 Å². The first-order valence-electron chi connectivity index (χ1n) is 6.33. The number of benzene rings is 1. The van der Waals surface area contributed by atoms with Gasteiger partial charge in [0.05, 0.1) is 12.9 Å². The van der Waals surface area contributed by atoms with Gasteiger partial charge in [0.1, 0.15) is 0 Å². The topological polar surface area (TPSA) is 34.9 Å². The Bertz CT molecular complexity index is 486. The number of ketones is 1. The van der Waals surface area contributed by atoms with Crippen molar-refractivity contribution >= 4 is 5.78 Å². The highest BCUT2D eigenvalue weighted by Gasteiger charge is 2.04. The highest BCUT2D eigenvalue weighted by molar-refractivity contribution is 5.80. The highest BCUT2D eigenvalue weighted by atomic mass is 16.1. The van der Waals surface area contributed by atoms with Gasteiger partial charge in [0, 0.05) is 18.8 Å². The van der Waals surface area contributed by atoms with Gasteiger partial charge in [-0.1, -0.05) is 37.6 Å². The number of hydrogen-bond donors (Lipinski definition) is 0. The van der Waals surface area contributed by atoms with Gasteiger partial charge in [0.15, 0.2) is 5.78 Å². The Kier molecular flexibility index (Phi) is 4.29. The lowest BCUT2D eigenvalue weighted by molar-refractivity contribution is -0.119. The smallest absolute Gasteiger partial charge is 0.156 e. The number of Topliss-reactive ketones (excluding diaryl/α,β-unsaturated/α-hetero) is 1. The van der Waals surface area contributed by atoms with E-state index >= 15 is 0 Å². The van der Waals surface area contributed by atoms with Gasteiger partial charge in [0.25, 0.3) is 0 Å². The Morgan fingerprint density at radius 2 is 1.94 bits per heavy atom. The fourth-order valence-electron chi connectivity index (χ4n) is 1.98. The van der Waals surface area contributed by atoms with Crippen LogP contribution in [0.2, 0.25) is 0 Å². The van der Waals surface area contributed by atoms with Crippen molar-refractivity contribution in [3.63, 3.8) is 0 Å². The first-order valence-corrected chi connectivity index (χ1v) is 6.33. The van der Waals surface area contributed by atoms with Crippen LogP contribution < -0.4 is 0 Å². The van der Waals surface area contributed by atoms with Gasteiger partial charge in [-0.2, -0.15) is 0 Å². The number of carbonyl (C=O) groups excluding carboxylic acids is 1. The van der Waals surface area contributed by atoms with Gasteiger partial charge in [-0.05, 0) is 17.5 Å². The molecule has 3 nitrogen and oxygen atoms in total. The highest BCUT2D eigenvalue weighted by Crippen LogP contribution is 2.08. The van der Waals surface area contributed by atoms with Crippen LogP contribution in [0.25, 0.3) is 0 Å². The van der Waals surface area contributed by atoms with Crippen LogP contribution in [0.3, 0.4) is 0 Å². The van der Waals surface area contributed by atoms with Gasteiger partial charge in [-0.25, -0.2) is 4.98 Å². The Balaban J connectivity index is 1.90. The summed E-state index contributed by atoms with van der Waals surface area (Å²) >= 11 is 0. The van der Waals surface area contributed by atoms with Crippen LogP contribution in [0.4, 0.5) is 0 Å². The average molecular weight is 242 g/mol. The molecule has 0 saturated carbocycles. The molecule has 0 bridgehead atoms. The number of aryl methyl sites for hydroxylation is 1. The van der Waals surface area contributed by atoms with Gasteiger partial charge >= 0.3 is 0 Å². The molecule has 0 atom stereocenters. The lowest BCUT2D eigenvalue weighted by Crippen LogP contribution is -2.11. The number of imidazole rings is 1. The summed E-state index contributed by atoms with van der Waals surface area (Å²) in [5.74, 6) is 0.205. The Labute approximate surface area is 107 Å². The molecule has 0 aliphatic heterocycles. The molecule has 0 aliphatic rings. The molecular weight excluding hydrogens is 224 g/mol. The van der Waals surface area contributed by atoms with E-state index in [1.807, 2.05) is 6.20 Å². The molecule has 2 rings (SSSR count). The molecule has 1 heterocycles. The second-order valence-electron chi connectivity index (χ2n) is 4.52. The minimum atomic E-state index is 0.205. The van der Waals surface area contributed by atoms with Crippen molar-refractivity contribution in [3.05, 3.63) is 54.1 Å². The molecule has 94 valence electrons. The monoisotopic (exact) mass is 242 g/mol. The molecule has 1 aromatic heterocycles. The SMILES string of the molecule is CCCc1ccc(CC(=O)Cn2ccnc2)cc1. The van der Waals surface area contributed by atoms with Gasteiger partial charge < -0.3 is 4.57 Å². The molecule has 1 aromatic carbocycles. The summed E-state index contributed by atoms with van der Waals surface area (Å²) in [5, 5.41) is 0. The Hall–Kier alpha value is -1.90. The first-order chi connectivity index (χ1) is 8.78. The lowest BCUT2D eigenvalue weighted by atomic mass is 10.0. The Morgan fingerprint density at radius 1 is 1.22 bits per heavy atom. The molecule has 0 amide bonds. The summed E-state index contributed by atoms with van der Waals surface area (Å²) in [6.45, 7) is 2.57. The molecule has 2 aromatic rings. The van der Waals surface area contributed by atoms with Crippen molar-refractivity contribution in [1.29, 1.82) is 0 Å². The molecule has 0 N–H and O–H groups in total. The van der Waals surface area contributed by atoms with E-state index in [1.54, 1.807) is 17.1 Å². The predicted molar refractivity (Wildman–Crippen MR) is 71.4 cm³/mol. The zero-order chi connectivity index (χ0) is 12.8. The molecule has 0 saturated heterocycles. The fraction of sp³-hybridized carbons (Fsp3) is 0.333. The zero-order valence-corrected chi connectivity index (χ0v) is 10.7. The number of aromatic nitrogens is 2. The van der Waals surface area contributed by atoms with Crippen molar-refractivity contribution in [2.24, 2.45) is 0 Å². The molecule has 0 unspecified atom stereocenters. The maximum atomic E-state index is 11.8. The van der Waals surface area contributed by atoms with Crippen LogP contribution >= 0.6 is 0 Å². The molecule has 0 radical (unpaired) electrons. The molecule has 0 fully saturated rings. The van der Waals surface area contributed by atoms with Crippen molar-refractivity contribution in [3.8, 4) is 0 Å². The third kappa shape index (κ3) is 3.55. The molecule has 0 aliphatic carbocycles. The quantitative estimate of drug-likeness (QED) is 0.780. The fourth-order valence-corrected chi connectivity index (χ4v) is 1.98. The van der Waals surface area contributed by atoms with Crippen LogP contribution in [-0.2, 0) is 24.2 Å². The molecule has 3 heteroatoms. The maximum absolute atomic E-state index is 11.8. The van der Waals surface area contributed by atoms with Crippen molar-refractivity contribution < 1.29 is 4.79 Å². The Morgan fingerprint density at radius 3 is 2.56 bits per heavy atom. The largest absolute Gasteiger partial charge is 0.330 e. The van der Waals surface area contributed by atoms with Crippen molar-refractivity contribution in [2.45, 2.75) is 32.7 Å². The summed E-state index contributed by atoms with van der Waals surface area (Å²) in [7, 11) is 0. The molecular formula is C15H18N2O. The van der Waals surface area contributed by atoms with Crippen molar-refractivity contribution in [2.75, 3.05) is 0 Å². The van der Waals surface area contributed by atoms with E-state index in [-0.39, 0.29) is 5.78 Å². The molecule has 0 spiro atoms. The normalized spacial score (nSPS) is 10.5.